The van der Waals surface area contributed by atoms with Crippen LogP contribution in [0.3, 0.4) is 0 Å². The average molecular weight is 266 g/mol. The first-order valence-corrected chi connectivity index (χ1v) is 4.55. The first-order chi connectivity index (χ1) is 4.21. The van der Waals surface area contributed by atoms with Gasteiger partial charge in [-0.15, -0.1) is 0 Å². The minimum atomic E-state index is -5.56. The molecule has 0 amide bonds. The Bertz CT molecular complexity index is 173. The predicted octanol–water partition coefficient (Wildman–Crippen LogP) is -15.4. The zero-order valence-corrected chi connectivity index (χ0v) is 15.9. The summed E-state index contributed by atoms with van der Waals surface area (Å²) in [5.41, 5.74) is 0. The van der Waals surface area contributed by atoms with Gasteiger partial charge >= 0.3 is 108 Å². The molecule has 0 aromatic rings. The SMILES string of the molecule is O=P([O-])([O-])OOP(=O)([O-])[O-].[Li+].[Na+].[Na+].[Na+]. The molecule has 0 heterocycles. The molecule has 14 heavy (non-hydrogen) atoms. The molecule has 0 aromatic heterocycles. The van der Waals surface area contributed by atoms with Crippen molar-refractivity contribution >= 4 is 15.6 Å². The number of hydrogen-bond acceptors (Lipinski definition) is 8. The summed E-state index contributed by atoms with van der Waals surface area (Å²) in [6, 6.07) is 0. The van der Waals surface area contributed by atoms with Crippen molar-refractivity contribution in [3.63, 3.8) is 0 Å². The molecule has 0 unspecified atom stereocenters. The monoisotopic (exact) mass is 266 g/mol. The second kappa shape index (κ2) is 13.3. The zero-order chi connectivity index (χ0) is 8.41. The third kappa shape index (κ3) is 29.7. The molecule has 0 rings (SSSR count). The molecule has 8 nitrogen and oxygen atoms in total. The number of phosphoric acid groups is 2. The fourth-order valence-corrected chi connectivity index (χ4v) is 0.735. The van der Waals surface area contributed by atoms with Gasteiger partial charge in [0.2, 0.25) is 0 Å². The van der Waals surface area contributed by atoms with E-state index in [0.29, 0.717) is 0 Å². The normalized spacial score (nSPS) is 9.71. The third-order valence-corrected chi connectivity index (χ3v) is 0.848. The van der Waals surface area contributed by atoms with Crippen LogP contribution in [0.2, 0.25) is 0 Å². The Morgan fingerprint density at radius 3 is 0.929 bits per heavy atom. The van der Waals surface area contributed by atoms with Crippen molar-refractivity contribution < 1.29 is 146 Å². The van der Waals surface area contributed by atoms with Crippen LogP contribution < -0.4 is 127 Å². The summed E-state index contributed by atoms with van der Waals surface area (Å²) < 4.78 is 24.1. The van der Waals surface area contributed by atoms with Gasteiger partial charge in [-0.2, -0.15) is 0 Å². The molecule has 62 valence electrons. The summed E-state index contributed by atoms with van der Waals surface area (Å²) in [5.74, 6) is 0. The Hall–Kier alpha value is 3.82. The third-order valence-electron chi connectivity index (χ3n) is 0.216. The topological polar surface area (TPSA) is 145 Å². The summed E-state index contributed by atoms with van der Waals surface area (Å²) in [6.45, 7) is 0. The molecular formula is LiNa3O8P2. The van der Waals surface area contributed by atoms with Gasteiger partial charge in [-0.05, 0) is 0 Å². The van der Waals surface area contributed by atoms with Crippen LogP contribution in [0.5, 0.6) is 0 Å². The fourth-order valence-electron chi connectivity index (χ4n) is 0.0816. The van der Waals surface area contributed by atoms with Crippen molar-refractivity contribution in [2.24, 2.45) is 0 Å². The van der Waals surface area contributed by atoms with Crippen molar-refractivity contribution in [2.45, 2.75) is 0 Å². The maximum Gasteiger partial charge on any atom is 1.00 e. The molecule has 0 atom stereocenters. The van der Waals surface area contributed by atoms with E-state index in [0.717, 1.165) is 0 Å². The van der Waals surface area contributed by atoms with E-state index < -0.39 is 15.6 Å². The quantitative estimate of drug-likeness (QED) is 0.212. The molecule has 0 saturated heterocycles. The van der Waals surface area contributed by atoms with Gasteiger partial charge in [0.1, 0.15) is 15.6 Å². The van der Waals surface area contributed by atoms with Gasteiger partial charge in [-0.1, -0.05) is 0 Å². The van der Waals surface area contributed by atoms with E-state index in [1.807, 2.05) is 0 Å². The Kier molecular flexibility index (Phi) is 29.0. The van der Waals surface area contributed by atoms with Gasteiger partial charge in [-0.3, -0.25) is 0 Å². The summed E-state index contributed by atoms with van der Waals surface area (Å²) in [4.78, 5) is 37.6. The van der Waals surface area contributed by atoms with Gasteiger partial charge < -0.3 is 28.7 Å². The van der Waals surface area contributed by atoms with E-state index >= 15 is 0 Å². The second-order valence-electron chi connectivity index (χ2n) is 1.04. The average Bonchev–Trinajstić information content (AvgIpc) is 1.57. The molecule has 0 saturated carbocycles. The molecule has 0 aliphatic heterocycles. The van der Waals surface area contributed by atoms with Crippen LogP contribution in [0.25, 0.3) is 0 Å². The first-order valence-electron chi connectivity index (χ1n) is 1.63. The van der Waals surface area contributed by atoms with Gasteiger partial charge in [0.25, 0.3) is 0 Å². The van der Waals surface area contributed by atoms with Crippen molar-refractivity contribution in [3.05, 3.63) is 0 Å². The van der Waals surface area contributed by atoms with E-state index in [2.05, 4.69) is 9.35 Å². The Labute approximate surface area is 158 Å². The van der Waals surface area contributed by atoms with Crippen molar-refractivity contribution in [3.8, 4) is 0 Å². The van der Waals surface area contributed by atoms with E-state index in [9.17, 15) is 28.7 Å². The maximum atomic E-state index is 9.40. The van der Waals surface area contributed by atoms with E-state index in [1.165, 1.54) is 0 Å². The fraction of sp³-hybridized carbons (Fsp3) is 0. The van der Waals surface area contributed by atoms with Crippen molar-refractivity contribution in [1.29, 1.82) is 0 Å². The van der Waals surface area contributed by atoms with Crippen LogP contribution in [0.4, 0.5) is 0 Å². The van der Waals surface area contributed by atoms with Gasteiger partial charge in [-0.25, -0.2) is 9.35 Å². The maximum absolute atomic E-state index is 9.40. The van der Waals surface area contributed by atoms with Crippen LogP contribution in [-0.2, 0) is 18.5 Å². The first kappa shape index (κ1) is 30.7. The minimum absolute atomic E-state index is 0. The molecule has 0 aromatic carbocycles. The minimum Gasteiger partial charge on any atom is -0.788 e. The molecule has 0 bridgehead atoms. The van der Waals surface area contributed by atoms with E-state index in [-0.39, 0.29) is 108 Å². The van der Waals surface area contributed by atoms with E-state index in [1.54, 1.807) is 0 Å². The zero-order valence-electron chi connectivity index (χ0n) is 8.16. The second-order valence-corrected chi connectivity index (χ2v) is 3.13. The summed E-state index contributed by atoms with van der Waals surface area (Å²) in [6.07, 6.45) is 0. The van der Waals surface area contributed by atoms with Crippen LogP contribution in [0.15, 0.2) is 0 Å². The molecule has 0 fully saturated rings. The summed E-state index contributed by atoms with van der Waals surface area (Å²) in [7, 11) is -11.1. The summed E-state index contributed by atoms with van der Waals surface area (Å²) >= 11 is 0. The Morgan fingerprint density at radius 2 is 0.857 bits per heavy atom. The largest absolute Gasteiger partial charge is 1.00 e. The molecule has 0 spiro atoms. The molecule has 0 aliphatic carbocycles. The van der Waals surface area contributed by atoms with Crippen molar-refractivity contribution in [1.82, 2.24) is 0 Å². The van der Waals surface area contributed by atoms with Crippen LogP contribution >= 0.6 is 15.6 Å². The molecule has 14 heteroatoms. The Morgan fingerprint density at radius 1 is 0.714 bits per heavy atom. The summed E-state index contributed by atoms with van der Waals surface area (Å²) in [5, 5.41) is 0. The van der Waals surface area contributed by atoms with Crippen LogP contribution in [0, 0.1) is 0 Å². The molecule has 0 radical (unpaired) electrons. The Balaban J connectivity index is -0.0000000675. The smallest absolute Gasteiger partial charge is 0.788 e. The van der Waals surface area contributed by atoms with Gasteiger partial charge in [0.15, 0.2) is 0 Å². The van der Waals surface area contributed by atoms with Gasteiger partial charge in [0, 0.05) is 0 Å². The van der Waals surface area contributed by atoms with Crippen LogP contribution in [0.1, 0.15) is 0 Å². The van der Waals surface area contributed by atoms with Gasteiger partial charge in [0.05, 0.1) is 0 Å². The number of hydrogen-bond donors (Lipinski definition) is 0. The van der Waals surface area contributed by atoms with E-state index in [4.69, 9.17) is 0 Å². The van der Waals surface area contributed by atoms with Crippen LogP contribution in [-0.4, -0.2) is 0 Å². The predicted molar refractivity (Wildman–Crippen MR) is 17.4 cm³/mol. The standard InChI is InChI=1S/Li.3Na.H4O8P2/c;;;;1-9(2,3)7-8-10(4,5)6/h;;;;(H2,1,2,3)(H2,4,5,6)/q4*+1;/p-4. The van der Waals surface area contributed by atoms with Crippen molar-refractivity contribution in [2.75, 3.05) is 0 Å². The molecule has 0 aliphatic rings. The molecule has 0 N–H and O–H groups in total. The molecular weight excluding hydrogens is 266 g/mol. The number of rotatable bonds is 3.